The summed E-state index contributed by atoms with van der Waals surface area (Å²) in [5, 5.41) is 23.8. The molecule has 1 saturated heterocycles. The number of hydrogen-bond donors (Lipinski definition) is 4. The molecule has 5 atom stereocenters. The van der Waals surface area contributed by atoms with Gasteiger partial charge in [0.05, 0.1) is 12.9 Å². The highest BCUT2D eigenvalue weighted by atomic mass is 127. The molecule has 3 aromatic rings. The molecule has 0 spiro atoms. The number of aliphatic hydroxyl groups excluding tert-OH is 2. The van der Waals surface area contributed by atoms with Crippen molar-refractivity contribution in [3.63, 3.8) is 0 Å². The molecule has 1 unspecified atom stereocenters. The predicted octanol–water partition coefficient (Wildman–Crippen LogP) is 0.617. The molecule has 0 saturated carbocycles. The van der Waals surface area contributed by atoms with Crippen LogP contribution in [0.4, 0.5) is 5.82 Å². The molecule has 1 aliphatic heterocycles. The molecule has 3 heterocycles. The second-order valence-corrected chi connectivity index (χ2v) is 8.73. The number of halogens is 2. The maximum atomic E-state index is 12.6. The number of amides is 1. The Balaban J connectivity index is 1.60. The molecule has 0 bridgehead atoms. The number of fused-ring (bicyclic) bond motifs is 1. The third-order valence-electron chi connectivity index (χ3n) is 5.09. The number of aromatic nitrogens is 4. The number of nitrogens with zero attached hydrogens (tertiary/aromatic N) is 4. The smallest absolute Gasteiger partial charge is 0.251 e. The van der Waals surface area contributed by atoms with E-state index in [1.807, 2.05) is 24.3 Å². The first-order valence-electron chi connectivity index (χ1n) is 9.55. The summed E-state index contributed by atoms with van der Waals surface area (Å²) in [7, 11) is 1.45. The highest BCUT2D eigenvalue weighted by molar-refractivity contribution is 14.1. The van der Waals surface area contributed by atoms with Crippen molar-refractivity contribution in [3.8, 4) is 0 Å². The summed E-state index contributed by atoms with van der Waals surface area (Å²) in [5.41, 5.74) is 7.16. The molecule has 0 aliphatic carbocycles. The maximum absolute atomic E-state index is 12.6. The summed E-state index contributed by atoms with van der Waals surface area (Å²) in [6, 6.07) is 7.58. The van der Waals surface area contributed by atoms with Crippen molar-refractivity contribution in [2.24, 2.45) is 0 Å². The third-order valence-corrected chi connectivity index (χ3v) is 5.93. The highest BCUT2D eigenvalue weighted by Gasteiger charge is 2.50. The van der Waals surface area contributed by atoms with Crippen molar-refractivity contribution >= 4 is 57.1 Å². The zero-order chi connectivity index (χ0) is 23.0. The predicted molar refractivity (Wildman–Crippen MR) is 122 cm³/mol. The topological polar surface area (TPSA) is 158 Å². The van der Waals surface area contributed by atoms with Gasteiger partial charge in [0.15, 0.2) is 23.8 Å². The second-order valence-electron chi connectivity index (χ2n) is 7.15. The van der Waals surface area contributed by atoms with Crippen LogP contribution >= 0.6 is 34.2 Å². The van der Waals surface area contributed by atoms with Crippen molar-refractivity contribution in [2.75, 3.05) is 12.8 Å². The van der Waals surface area contributed by atoms with E-state index in [4.69, 9.17) is 26.8 Å². The van der Waals surface area contributed by atoms with Crippen LogP contribution in [0.3, 0.4) is 0 Å². The number of nitrogens with one attached hydrogen (secondary N) is 1. The number of nitrogens with two attached hydrogens (primary N) is 1. The fourth-order valence-corrected chi connectivity index (χ4v) is 4.32. The van der Waals surface area contributed by atoms with E-state index in [-0.39, 0.29) is 28.9 Å². The lowest BCUT2D eigenvalue weighted by Gasteiger charge is -2.24. The van der Waals surface area contributed by atoms with Crippen molar-refractivity contribution in [1.29, 1.82) is 0 Å². The molecule has 1 aliphatic rings. The van der Waals surface area contributed by atoms with Crippen LogP contribution < -0.4 is 11.1 Å². The summed E-state index contributed by atoms with van der Waals surface area (Å²) < 4.78 is 14.1. The first-order chi connectivity index (χ1) is 15.3. The van der Waals surface area contributed by atoms with E-state index in [1.165, 1.54) is 17.9 Å². The van der Waals surface area contributed by atoms with Gasteiger partial charge in [-0.15, -0.1) is 0 Å². The molecule has 32 heavy (non-hydrogen) atoms. The molecule has 170 valence electrons. The van der Waals surface area contributed by atoms with Gasteiger partial charge in [0.2, 0.25) is 5.28 Å². The lowest BCUT2D eigenvalue weighted by molar-refractivity contribution is -0.152. The number of hydrogen-bond acceptors (Lipinski definition) is 9. The number of anilines is 1. The summed E-state index contributed by atoms with van der Waals surface area (Å²) in [5.74, 6) is -0.440. The Morgan fingerprint density at radius 1 is 1.41 bits per heavy atom. The quantitative estimate of drug-likeness (QED) is 0.245. The van der Waals surface area contributed by atoms with Gasteiger partial charge in [0.25, 0.3) is 5.91 Å². The molecule has 11 nitrogen and oxygen atoms in total. The van der Waals surface area contributed by atoms with Gasteiger partial charge in [-0.25, -0.2) is 4.98 Å². The third kappa shape index (κ3) is 4.38. The summed E-state index contributed by atoms with van der Waals surface area (Å²) in [6.45, 7) is 0.107. The molecular weight excluding hydrogens is 555 g/mol. The van der Waals surface area contributed by atoms with Crippen molar-refractivity contribution in [1.82, 2.24) is 24.8 Å². The Bertz CT molecular complexity index is 1150. The van der Waals surface area contributed by atoms with Crippen molar-refractivity contribution < 1.29 is 24.5 Å². The normalized spacial score (nSPS) is 24.0. The summed E-state index contributed by atoms with van der Waals surface area (Å²) in [4.78, 5) is 24.6. The van der Waals surface area contributed by atoms with E-state index in [0.717, 1.165) is 9.13 Å². The first kappa shape index (κ1) is 23.1. The average molecular weight is 575 g/mol. The van der Waals surface area contributed by atoms with E-state index in [2.05, 4.69) is 42.9 Å². The molecule has 13 heteroatoms. The van der Waals surface area contributed by atoms with Gasteiger partial charge in [-0.1, -0.05) is 12.1 Å². The first-order valence-corrected chi connectivity index (χ1v) is 11.0. The van der Waals surface area contributed by atoms with E-state index < -0.39 is 36.6 Å². The van der Waals surface area contributed by atoms with Crippen LogP contribution in [-0.2, 0) is 20.9 Å². The summed E-state index contributed by atoms with van der Waals surface area (Å²) >= 11 is 8.08. The van der Waals surface area contributed by atoms with Crippen LogP contribution in [0.5, 0.6) is 0 Å². The molecule has 1 fully saturated rings. The van der Waals surface area contributed by atoms with Crippen LogP contribution in [0.25, 0.3) is 11.2 Å². The Morgan fingerprint density at radius 2 is 2.19 bits per heavy atom. The second kappa shape index (κ2) is 9.41. The van der Waals surface area contributed by atoms with Crippen LogP contribution in [0.2, 0.25) is 5.28 Å². The number of aliphatic hydroxyl groups is 2. The summed E-state index contributed by atoms with van der Waals surface area (Å²) in [6.07, 6.45) is -4.95. The molecule has 5 N–H and O–H groups in total. The number of ether oxygens (including phenoxy) is 2. The van der Waals surface area contributed by atoms with Gasteiger partial charge >= 0.3 is 0 Å². The number of benzene rings is 1. The Morgan fingerprint density at radius 3 is 2.91 bits per heavy atom. The fraction of sp³-hybridized carbons (Fsp3) is 0.368. The molecule has 4 rings (SSSR count). The molecule has 1 amide bonds. The number of rotatable bonds is 6. The van der Waals surface area contributed by atoms with Crippen LogP contribution in [-0.4, -0.2) is 67.1 Å². The Kier molecular flexibility index (Phi) is 6.78. The van der Waals surface area contributed by atoms with Crippen molar-refractivity contribution in [2.45, 2.75) is 37.3 Å². The fourth-order valence-electron chi connectivity index (χ4n) is 3.54. The average Bonchev–Trinajstić information content (AvgIpc) is 3.30. The van der Waals surface area contributed by atoms with Crippen LogP contribution in [0.1, 0.15) is 11.8 Å². The molecule has 0 radical (unpaired) electrons. The largest absolute Gasteiger partial charge is 0.387 e. The van der Waals surface area contributed by atoms with Gasteiger partial charge in [0, 0.05) is 10.6 Å². The van der Waals surface area contributed by atoms with E-state index in [0.29, 0.717) is 0 Å². The van der Waals surface area contributed by atoms with E-state index in [1.54, 1.807) is 0 Å². The minimum absolute atomic E-state index is 0.0624. The zero-order valence-electron chi connectivity index (χ0n) is 16.7. The number of imidazole rings is 1. The van der Waals surface area contributed by atoms with E-state index in [9.17, 15) is 15.0 Å². The molecule has 2 aromatic heterocycles. The minimum atomic E-state index is -1.43. The van der Waals surface area contributed by atoms with Crippen molar-refractivity contribution in [3.05, 3.63) is 45.0 Å². The Hall–Kier alpha value is -2.10. The molecule has 1 aromatic carbocycles. The number of carbonyl (C=O) groups is 1. The van der Waals surface area contributed by atoms with E-state index >= 15 is 0 Å². The number of nitrogen functional groups attached to an aromatic ring is 1. The minimum Gasteiger partial charge on any atom is -0.387 e. The zero-order valence-corrected chi connectivity index (χ0v) is 19.6. The number of likely N-dealkylation sites (N-methyl/N-ethyl adjacent to an activating group) is 1. The van der Waals surface area contributed by atoms with Gasteiger partial charge in [0.1, 0.15) is 23.8 Å². The SMILES string of the molecule is CNC(=O)C(OCc1cccc(I)c1)[C@H]1O[C@@H](n2cnc3c(N)nc(Cl)nc32)[C@H](O)[C@@H]1O. The highest BCUT2D eigenvalue weighted by Crippen LogP contribution is 2.34. The van der Waals surface area contributed by atoms with Gasteiger partial charge in [-0.05, 0) is 51.9 Å². The lowest BCUT2D eigenvalue weighted by atomic mass is 10.0. The van der Waals surface area contributed by atoms with Gasteiger partial charge in [-0.2, -0.15) is 9.97 Å². The monoisotopic (exact) mass is 574 g/mol. The lowest BCUT2D eigenvalue weighted by Crippen LogP contribution is -2.48. The van der Waals surface area contributed by atoms with Gasteiger partial charge in [-0.3, -0.25) is 9.36 Å². The van der Waals surface area contributed by atoms with Gasteiger partial charge < -0.3 is 30.7 Å². The standard InChI is InChI=1S/C19H20ClIN6O5/c1-23-17(30)14(31-6-8-3-2-4-9(21)5-8)13-11(28)12(29)18(32-13)27-7-24-10-15(22)25-19(20)26-16(10)27/h2-5,7,11-14,18,28-29H,6H2,1H3,(H,23,30)(H2,22,25,26)/t11-,12+,13-,14?,18+/m0/s1. The van der Waals surface area contributed by atoms with Crippen LogP contribution in [0, 0.1) is 3.57 Å². The molecular formula is C19H20ClIN6O5. The maximum Gasteiger partial charge on any atom is 0.251 e. The number of carbonyl (C=O) groups excluding carboxylic acids is 1. The Labute approximate surface area is 201 Å². The van der Waals surface area contributed by atoms with Crippen LogP contribution in [0.15, 0.2) is 30.6 Å².